The number of aromatic nitrogens is 3. The van der Waals surface area contributed by atoms with Gasteiger partial charge in [-0.3, -0.25) is 0 Å². The second-order valence-electron chi connectivity index (χ2n) is 6.26. The average molecular weight is 373 g/mol. The SMILES string of the molecule is CCOC(=O)C[NH2+]/C=C(\C=N)Nc1ncc2ccn(CC(CC)CC)c2n1. The highest BCUT2D eigenvalue weighted by Gasteiger charge is 2.10. The predicted octanol–water partition coefficient (Wildman–Crippen LogP) is 1.90. The molecule has 0 saturated carbocycles. The Hall–Kier alpha value is -2.74. The molecule has 0 aliphatic carbocycles. The molecule has 0 radical (unpaired) electrons. The topological polar surface area (TPSA) is 109 Å². The van der Waals surface area contributed by atoms with Crippen molar-refractivity contribution in [1.29, 1.82) is 5.41 Å². The van der Waals surface area contributed by atoms with E-state index in [2.05, 4.69) is 33.7 Å². The highest BCUT2D eigenvalue weighted by atomic mass is 16.5. The van der Waals surface area contributed by atoms with Crippen LogP contribution in [0.15, 0.2) is 30.4 Å². The van der Waals surface area contributed by atoms with Gasteiger partial charge in [-0.2, -0.15) is 4.98 Å². The van der Waals surface area contributed by atoms with Crippen LogP contribution in [0.3, 0.4) is 0 Å². The Balaban J connectivity index is 2.10. The molecule has 0 aliphatic rings. The summed E-state index contributed by atoms with van der Waals surface area (Å²) in [5.41, 5.74) is 1.37. The number of fused-ring (bicyclic) bond motifs is 1. The van der Waals surface area contributed by atoms with E-state index in [9.17, 15) is 4.79 Å². The quantitative estimate of drug-likeness (QED) is 0.412. The molecule has 0 fully saturated rings. The standard InChI is InChI=1S/C19H28N6O2/c1-4-14(5-2)13-25-8-7-15-10-22-19(24-18(15)25)23-16(9-20)11-21-12-17(26)27-6-3/h7-11,14,20-21H,4-6,12-13H2,1-3H3,(H,22,23,24)/p+1/b16-11+,20-9?. The lowest BCUT2D eigenvalue weighted by atomic mass is 10.0. The number of rotatable bonds is 11. The Morgan fingerprint density at radius 3 is 2.85 bits per heavy atom. The first-order chi connectivity index (χ1) is 13.1. The number of nitrogens with zero attached hydrogens (tertiary/aromatic N) is 3. The average Bonchev–Trinajstić information content (AvgIpc) is 3.07. The number of esters is 1. The van der Waals surface area contributed by atoms with Crippen molar-refractivity contribution in [2.75, 3.05) is 18.5 Å². The normalized spacial score (nSPS) is 11.8. The van der Waals surface area contributed by atoms with Crippen LogP contribution in [0.2, 0.25) is 0 Å². The first kappa shape index (κ1) is 20.6. The van der Waals surface area contributed by atoms with Gasteiger partial charge in [-0.05, 0) is 18.9 Å². The summed E-state index contributed by atoms with van der Waals surface area (Å²) in [6.07, 6.45) is 8.89. The fraction of sp³-hybridized carbons (Fsp3) is 0.474. The van der Waals surface area contributed by atoms with Crippen LogP contribution >= 0.6 is 0 Å². The van der Waals surface area contributed by atoms with Crippen LogP contribution in [-0.4, -0.2) is 39.9 Å². The van der Waals surface area contributed by atoms with Gasteiger partial charge >= 0.3 is 5.97 Å². The number of allylic oxidation sites excluding steroid dienone is 1. The van der Waals surface area contributed by atoms with Crippen LogP contribution in [0.5, 0.6) is 0 Å². The minimum atomic E-state index is -0.296. The van der Waals surface area contributed by atoms with Crippen molar-refractivity contribution in [3.8, 4) is 0 Å². The lowest BCUT2D eigenvalue weighted by Gasteiger charge is -2.14. The van der Waals surface area contributed by atoms with Gasteiger partial charge in [0.1, 0.15) is 17.5 Å². The first-order valence-electron chi connectivity index (χ1n) is 9.39. The molecule has 0 unspecified atom stereocenters. The van der Waals surface area contributed by atoms with E-state index >= 15 is 0 Å². The van der Waals surface area contributed by atoms with Gasteiger partial charge in [0.25, 0.3) is 0 Å². The number of nitrogens with two attached hydrogens (primary N) is 1. The Morgan fingerprint density at radius 2 is 2.19 bits per heavy atom. The van der Waals surface area contributed by atoms with Crippen LogP contribution in [-0.2, 0) is 16.1 Å². The van der Waals surface area contributed by atoms with Crippen LogP contribution in [0.4, 0.5) is 5.95 Å². The van der Waals surface area contributed by atoms with E-state index in [4.69, 9.17) is 10.1 Å². The van der Waals surface area contributed by atoms with Crippen molar-refractivity contribution in [3.05, 3.63) is 30.4 Å². The molecule has 4 N–H and O–H groups in total. The Morgan fingerprint density at radius 1 is 1.41 bits per heavy atom. The number of nitrogens with one attached hydrogen (secondary N) is 2. The number of quaternary nitrogens is 1. The number of carbonyl (C=O) groups is 1. The van der Waals surface area contributed by atoms with Gasteiger partial charge in [-0.1, -0.05) is 26.7 Å². The number of hydrogen-bond donors (Lipinski definition) is 3. The molecule has 2 aromatic rings. The minimum absolute atomic E-state index is 0.158. The minimum Gasteiger partial charge on any atom is -0.462 e. The third-order valence-electron chi connectivity index (χ3n) is 4.41. The summed E-state index contributed by atoms with van der Waals surface area (Å²) in [5.74, 6) is 0.739. The Kier molecular flexibility index (Phi) is 7.94. The fourth-order valence-electron chi connectivity index (χ4n) is 2.76. The molecule has 8 heteroatoms. The van der Waals surface area contributed by atoms with Crippen LogP contribution < -0.4 is 10.6 Å². The molecular weight excluding hydrogens is 344 g/mol. The van der Waals surface area contributed by atoms with E-state index < -0.39 is 0 Å². The molecule has 0 aromatic carbocycles. The first-order valence-corrected chi connectivity index (χ1v) is 9.39. The summed E-state index contributed by atoms with van der Waals surface area (Å²) in [4.78, 5) is 20.3. The van der Waals surface area contributed by atoms with E-state index in [1.807, 2.05) is 12.3 Å². The van der Waals surface area contributed by atoms with Gasteiger partial charge in [0.05, 0.1) is 6.61 Å². The summed E-state index contributed by atoms with van der Waals surface area (Å²) in [7, 11) is 0. The van der Waals surface area contributed by atoms with E-state index in [-0.39, 0.29) is 12.5 Å². The third kappa shape index (κ3) is 5.89. The van der Waals surface area contributed by atoms with Crippen LogP contribution in [0, 0.1) is 11.3 Å². The van der Waals surface area contributed by atoms with Gasteiger partial charge in [0, 0.05) is 30.5 Å². The summed E-state index contributed by atoms with van der Waals surface area (Å²) in [6.45, 7) is 7.62. The number of hydrogen-bond acceptors (Lipinski definition) is 6. The van der Waals surface area contributed by atoms with Gasteiger partial charge in [-0.15, -0.1) is 0 Å². The summed E-state index contributed by atoms with van der Waals surface area (Å²) < 4.78 is 7.03. The van der Waals surface area contributed by atoms with E-state index in [0.29, 0.717) is 24.2 Å². The molecule has 0 amide bonds. The largest absolute Gasteiger partial charge is 0.462 e. The van der Waals surface area contributed by atoms with E-state index in [0.717, 1.165) is 30.4 Å². The van der Waals surface area contributed by atoms with Crippen molar-refractivity contribution in [2.24, 2.45) is 5.92 Å². The molecule has 8 nitrogen and oxygen atoms in total. The smallest absolute Gasteiger partial charge is 0.362 e. The number of ether oxygens (including phenoxy) is 1. The summed E-state index contributed by atoms with van der Waals surface area (Å²) in [6, 6.07) is 2.02. The number of anilines is 1. The Labute approximate surface area is 159 Å². The zero-order valence-corrected chi connectivity index (χ0v) is 16.2. The van der Waals surface area contributed by atoms with Crippen LogP contribution in [0.25, 0.3) is 11.0 Å². The molecule has 146 valence electrons. The maximum absolute atomic E-state index is 11.4. The van der Waals surface area contributed by atoms with E-state index in [1.165, 1.54) is 6.21 Å². The lowest BCUT2D eigenvalue weighted by molar-refractivity contribution is -0.578. The Bertz CT molecular complexity index is 795. The molecule has 0 aliphatic heterocycles. The predicted molar refractivity (Wildman–Crippen MR) is 106 cm³/mol. The van der Waals surface area contributed by atoms with Gasteiger partial charge in [0.15, 0.2) is 6.54 Å². The zero-order chi connectivity index (χ0) is 19.6. The molecule has 0 saturated heterocycles. The molecule has 27 heavy (non-hydrogen) atoms. The lowest BCUT2D eigenvalue weighted by Crippen LogP contribution is -2.80. The third-order valence-corrected chi connectivity index (χ3v) is 4.41. The highest BCUT2D eigenvalue weighted by molar-refractivity contribution is 5.81. The zero-order valence-electron chi connectivity index (χ0n) is 16.2. The summed E-state index contributed by atoms with van der Waals surface area (Å²) >= 11 is 0. The molecule has 0 bridgehead atoms. The molecule has 2 rings (SSSR count). The van der Waals surface area contributed by atoms with Crippen molar-refractivity contribution >= 4 is 29.2 Å². The monoisotopic (exact) mass is 373 g/mol. The van der Waals surface area contributed by atoms with Gasteiger partial charge in [-0.25, -0.2) is 9.78 Å². The van der Waals surface area contributed by atoms with E-state index in [1.54, 1.807) is 24.6 Å². The molecule has 2 heterocycles. The highest BCUT2D eigenvalue weighted by Crippen LogP contribution is 2.18. The molecule has 2 aromatic heterocycles. The maximum Gasteiger partial charge on any atom is 0.362 e. The maximum atomic E-state index is 11.4. The fourth-order valence-corrected chi connectivity index (χ4v) is 2.76. The molecular formula is C19H29N6O2+. The number of carbonyl (C=O) groups excluding carboxylic acids is 1. The van der Waals surface area contributed by atoms with Crippen molar-refractivity contribution in [2.45, 2.75) is 40.2 Å². The van der Waals surface area contributed by atoms with Crippen LogP contribution in [0.1, 0.15) is 33.6 Å². The van der Waals surface area contributed by atoms with Gasteiger partial charge < -0.3 is 25.3 Å². The van der Waals surface area contributed by atoms with Crippen molar-refractivity contribution in [3.63, 3.8) is 0 Å². The second-order valence-corrected chi connectivity index (χ2v) is 6.26. The van der Waals surface area contributed by atoms with Crippen molar-refractivity contribution < 1.29 is 14.8 Å². The molecule has 0 spiro atoms. The van der Waals surface area contributed by atoms with Crippen molar-refractivity contribution in [1.82, 2.24) is 14.5 Å². The second kappa shape index (κ2) is 10.4. The van der Waals surface area contributed by atoms with Gasteiger partial charge in [0.2, 0.25) is 5.95 Å². The summed E-state index contributed by atoms with van der Waals surface area (Å²) in [5, 5.41) is 13.2. The molecule has 0 atom stereocenters.